The maximum Gasteiger partial charge on any atom is 0.0591 e. The number of ether oxygens (including phenoxy) is 1. The van der Waals surface area contributed by atoms with Crippen LogP contribution in [0.5, 0.6) is 0 Å². The van der Waals surface area contributed by atoms with E-state index in [1.165, 1.54) is 0 Å². The van der Waals surface area contributed by atoms with Crippen molar-refractivity contribution in [2.45, 2.75) is 6.42 Å². The predicted molar refractivity (Wildman–Crippen MR) is 58.4 cm³/mol. The summed E-state index contributed by atoms with van der Waals surface area (Å²) in [5.41, 5.74) is 0. The quantitative estimate of drug-likeness (QED) is 0.352. The molecule has 0 aromatic rings. The lowest BCUT2D eigenvalue weighted by Gasteiger charge is -2.02. The number of alkyl halides is 1. The summed E-state index contributed by atoms with van der Waals surface area (Å²) in [6.07, 6.45) is 6.71. The summed E-state index contributed by atoms with van der Waals surface area (Å²) in [5.74, 6) is 0.581. The topological polar surface area (TPSA) is 21.3 Å². The van der Waals surface area contributed by atoms with Gasteiger partial charge >= 0.3 is 0 Å². The minimum Gasteiger partial charge on any atom is -0.380 e. The fraction of sp³-hybridized carbons (Fsp3) is 0.600. The van der Waals surface area contributed by atoms with Crippen LogP contribution < -0.4 is 5.32 Å². The summed E-state index contributed by atoms with van der Waals surface area (Å²) >= 11 is 5.45. The Bertz CT molecular complexity index is 137. The Morgan fingerprint density at radius 3 is 2.85 bits per heavy atom. The average Bonchev–Trinajstić information content (AvgIpc) is 2.16. The van der Waals surface area contributed by atoms with Gasteiger partial charge in [-0.25, -0.2) is 0 Å². The first-order chi connectivity index (χ1) is 6.41. The highest BCUT2D eigenvalue weighted by atomic mass is 35.5. The van der Waals surface area contributed by atoms with Crippen molar-refractivity contribution >= 4 is 11.6 Å². The molecule has 0 spiro atoms. The zero-order valence-corrected chi connectivity index (χ0v) is 8.72. The zero-order chi connectivity index (χ0) is 9.78. The Balaban J connectivity index is 2.91. The Morgan fingerprint density at radius 2 is 2.15 bits per heavy atom. The Hall–Kier alpha value is -0.310. The van der Waals surface area contributed by atoms with Crippen molar-refractivity contribution in [2.75, 3.05) is 32.2 Å². The highest BCUT2D eigenvalue weighted by molar-refractivity contribution is 6.18. The van der Waals surface area contributed by atoms with Gasteiger partial charge in [0.05, 0.1) is 13.2 Å². The smallest absolute Gasteiger partial charge is 0.0591 e. The third-order valence-corrected chi connectivity index (χ3v) is 1.59. The molecule has 13 heavy (non-hydrogen) atoms. The Labute approximate surface area is 85.6 Å². The molecule has 0 heterocycles. The molecular weight excluding hydrogens is 186 g/mol. The number of hydrogen-bond acceptors (Lipinski definition) is 2. The van der Waals surface area contributed by atoms with Crippen molar-refractivity contribution in [3.63, 3.8) is 0 Å². The van der Waals surface area contributed by atoms with Gasteiger partial charge in [0.2, 0.25) is 0 Å². The van der Waals surface area contributed by atoms with Crippen molar-refractivity contribution < 1.29 is 4.74 Å². The fourth-order valence-electron chi connectivity index (χ4n) is 0.745. The van der Waals surface area contributed by atoms with Crippen LogP contribution in [0.25, 0.3) is 0 Å². The highest BCUT2D eigenvalue weighted by Gasteiger charge is 1.85. The van der Waals surface area contributed by atoms with Crippen LogP contribution in [0.4, 0.5) is 0 Å². The van der Waals surface area contributed by atoms with Crippen molar-refractivity contribution in [2.24, 2.45) is 0 Å². The lowest BCUT2D eigenvalue weighted by Crippen LogP contribution is -2.19. The van der Waals surface area contributed by atoms with Crippen LogP contribution >= 0.6 is 11.6 Å². The van der Waals surface area contributed by atoms with E-state index in [0.29, 0.717) is 5.88 Å². The van der Waals surface area contributed by atoms with Crippen LogP contribution in [0, 0.1) is 0 Å². The highest BCUT2D eigenvalue weighted by Crippen LogP contribution is 1.81. The van der Waals surface area contributed by atoms with Crippen LogP contribution in [0.3, 0.4) is 0 Å². The minimum atomic E-state index is 0.581. The average molecular weight is 204 g/mol. The SMILES string of the molecule is C=CCCOCCNC/C=C/CCl. The van der Waals surface area contributed by atoms with E-state index in [4.69, 9.17) is 16.3 Å². The first-order valence-electron chi connectivity index (χ1n) is 4.52. The number of halogens is 1. The van der Waals surface area contributed by atoms with Crippen LogP contribution in [-0.4, -0.2) is 32.2 Å². The van der Waals surface area contributed by atoms with Crippen molar-refractivity contribution in [1.82, 2.24) is 5.32 Å². The molecule has 0 fully saturated rings. The molecule has 0 radical (unpaired) electrons. The van der Waals surface area contributed by atoms with Crippen molar-refractivity contribution in [3.8, 4) is 0 Å². The van der Waals surface area contributed by atoms with E-state index >= 15 is 0 Å². The van der Waals surface area contributed by atoms with Crippen LogP contribution in [0.2, 0.25) is 0 Å². The van der Waals surface area contributed by atoms with Crippen LogP contribution in [0.15, 0.2) is 24.8 Å². The monoisotopic (exact) mass is 203 g/mol. The molecule has 0 unspecified atom stereocenters. The van der Waals surface area contributed by atoms with E-state index in [1.807, 2.05) is 18.2 Å². The molecule has 76 valence electrons. The summed E-state index contributed by atoms with van der Waals surface area (Å²) in [6, 6.07) is 0. The number of allylic oxidation sites excluding steroid dienone is 1. The molecule has 0 aliphatic carbocycles. The molecule has 0 aliphatic heterocycles. The molecule has 0 aromatic heterocycles. The molecule has 0 rings (SSSR count). The van der Waals surface area contributed by atoms with E-state index in [9.17, 15) is 0 Å². The molecule has 0 saturated carbocycles. The maximum absolute atomic E-state index is 5.45. The van der Waals surface area contributed by atoms with Crippen molar-refractivity contribution in [3.05, 3.63) is 24.8 Å². The number of hydrogen-bond donors (Lipinski definition) is 1. The third-order valence-electron chi connectivity index (χ3n) is 1.41. The lowest BCUT2D eigenvalue weighted by atomic mass is 10.4. The summed E-state index contributed by atoms with van der Waals surface area (Å²) in [5, 5.41) is 3.20. The van der Waals surface area contributed by atoms with Gasteiger partial charge in [0.1, 0.15) is 0 Å². The van der Waals surface area contributed by atoms with Gasteiger partial charge in [-0.3, -0.25) is 0 Å². The number of rotatable bonds is 9. The summed E-state index contributed by atoms with van der Waals surface area (Å²) < 4.78 is 5.30. The Morgan fingerprint density at radius 1 is 1.31 bits per heavy atom. The molecule has 0 amide bonds. The number of nitrogens with one attached hydrogen (secondary N) is 1. The van der Waals surface area contributed by atoms with E-state index < -0.39 is 0 Å². The van der Waals surface area contributed by atoms with E-state index in [1.54, 1.807) is 0 Å². The first kappa shape index (κ1) is 12.7. The van der Waals surface area contributed by atoms with E-state index in [0.717, 1.165) is 32.7 Å². The van der Waals surface area contributed by atoms with Gasteiger partial charge in [0.15, 0.2) is 0 Å². The van der Waals surface area contributed by atoms with E-state index in [-0.39, 0.29) is 0 Å². The predicted octanol–water partition coefficient (Wildman–Crippen LogP) is 1.96. The Kier molecular flexibility index (Phi) is 11.4. The van der Waals surface area contributed by atoms with Gasteiger partial charge in [0.25, 0.3) is 0 Å². The van der Waals surface area contributed by atoms with Gasteiger partial charge in [-0.15, -0.1) is 18.2 Å². The molecule has 0 aliphatic rings. The van der Waals surface area contributed by atoms with E-state index in [2.05, 4.69) is 11.9 Å². The van der Waals surface area contributed by atoms with Crippen LogP contribution in [-0.2, 0) is 4.74 Å². The van der Waals surface area contributed by atoms with Gasteiger partial charge in [-0.1, -0.05) is 18.2 Å². The lowest BCUT2D eigenvalue weighted by molar-refractivity contribution is 0.141. The van der Waals surface area contributed by atoms with Gasteiger partial charge < -0.3 is 10.1 Å². The molecule has 0 atom stereocenters. The fourth-order valence-corrected chi connectivity index (χ4v) is 0.871. The molecule has 2 nitrogen and oxygen atoms in total. The van der Waals surface area contributed by atoms with Gasteiger partial charge in [0, 0.05) is 19.0 Å². The molecule has 3 heteroatoms. The zero-order valence-electron chi connectivity index (χ0n) is 7.97. The molecule has 0 saturated heterocycles. The standard InChI is InChI=1S/C10H18ClNO/c1-2-3-9-13-10-8-12-7-5-4-6-11/h2,4-5,12H,1,3,6-10H2/b5-4+. The first-order valence-corrected chi connectivity index (χ1v) is 5.05. The summed E-state index contributed by atoms with van der Waals surface area (Å²) in [4.78, 5) is 0. The largest absolute Gasteiger partial charge is 0.380 e. The van der Waals surface area contributed by atoms with Crippen LogP contribution in [0.1, 0.15) is 6.42 Å². The summed E-state index contributed by atoms with van der Waals surface area (Å²) in [6.45, 7) is 6.87. The molecule has 0 aromatic carbocycles. The molecule has 1 N–H and O–H groups in total. The van der Waals surface area contributed by atoms with Gasteiger partial charge in [-0.2, -0.15) is 0 Å². The second-order valence-electron chi connectivity index (χ2n) is 2.52. The third kappa shape index (κ3) is 11.7. The molecule has 0 bridgehead atoms. The maximum atomic E-state index is 5.45. The normalized spacial score (nSPS) is 10.8. The second kappa shape index (κ2) is 11.7. The van der Waals surface area contributed by atoms with Crippen molar-refractivity contribution in [1.29, 1.82) is 0 Å². The second-order valence-corrected chi connectivity index (χ2v) is 2.83. The summed E-state index contributed by atoms with van der Waals surface area (Å²) in [7, 11) is 0. The minimum absolute atomic E-state index is 0.581. The van der Waals surface area contributed by atoms with Gasteiger partial charge in [-0.05, 0) is 6.42 Å². The molecular formula is C10H18ClNO.